The summed E-state index contributed by atoms with van der Waals surface area (Å²) < 4.78 is 5.14. The van der Waals surface area contributed by atoms with E-state index in [1.54, 1.807) is 0 Å². The lowest BCUT2D eigenvalue weighted by Gasteiger charge is -2.61. The lowest BCUT2D eigenvalue weighted by Crippen LogP contribution is -2.61. The summed E-state index contributed by atoms with van der Waals surface area (Å²) in [5.41, 5.74) is -0.892. The molecule has 0 aromatic heterocycles. The van der Waals surface area contributed by atoms with Crippen LogP contribution in [0.5, 0.6) is 0 Å². The Hall–Kier alpha value is -1.16. The van der Waals surface area contributed by atoms with Crippen molar-refractivity contribution in [1.82, 2.24) is 0 Å². The Morgan fingerprint density at radius 2 is 1.92 bits per heavy atom. The van der Waals surface area contributed by atoms with Crippen LogP contribution >= 0.6 is 0 Å². The van der Waals surface area contributed by atoms with E-state index >= 15 is 0 Å². The summed E-state index contributed by atoms with van der Waals surface area (Å²) in [6.07, 6.45) is 6.38. The molecule has 2 saturated carbocycles. The van der Waals surface area contributed by atoms with Crippen LogP contribution in [-0.4, -0.2) is 29.6 Å². The molecule has 0 radical (unpaired) electrons. The maximum absolute atomic E-state index is 12.7. The zero-order valence-electron chi connectivity index (χ0n) is 16.2. The van der Waals surface area contributed by atoms with Crippen LogP contribution in [0.4, 0.5) is 0 Å². The molecule has 5 atom stereocenters. The number of hydrogen-bond donors (Lipinski definition) is 1. The van der Waals surface area contributed by atoms with E-state index in [-0.39, 0.29) is 34.9 Å². The smallest absolute Gasteiger partial charge is 0.311 e. The first-order valence-electron chi connectivity index (χ1n) is 9.65. The van der Waals surface area contributed by atoms with Crippen molar-refractivity contribution < 1.29 is 19.4 Å². The Bertz CT molecular complexity index is 621. The number of esters is 1. The van der Waals surface area contributed by atoms with Gasteiger partial charge in [0, 0.05) is 12.3 Å². The molecule has 4 heteroatoms. The number of ether oxygens (including phenoxy) is 1. The second-order valence-corrected chi connectivity index (χ2v) is 9.29. The molecule has 0 bridgehead atoms. The highest BCUT2D eigenvalue weighted by atomic mass is 16.5. The molecule has 1 N–H and O–H groups in total. The third-order valence-electron chi connectivity index (χ3n) is 7.60. The predicted molar refractivity (Wildman–Crippen MR) is 95.8 cm³/mol. The summed E-state index contributed by atoms with van der Waals surface area (Å²) >= 11 is 0. The molecule has 25 heavy (non-hydrogen) atoms. The maximum atomic E-state index is 12.7. The Labute approximate surface area is 151 Å². The van der Waals surface area contributed by atoms with Gasteiger partial charge < -0.3 is 9.84 Å². The van der Waals surface area contributed by atoms with Gasteiger partial charge in [0.05, 0.1) is 18.1 Å². The van der Waals surface area contributed by atoms with Crippen molar-refractivity contribution in [2.45, 2.75) is 71.8 Å². The van der Waals surface area contributed by atoms with Crippen LogP contribution < -0.4 is 0 Å². The second-order valence-electron chi connectivity index (χ2n) is 9.29. The van der Waals surface area contributed by atoms with Crippen LogP contribution in [-0.2, 0) is 14.3 Å². The van der Waals surface area contributed by atoms with E-state index in [2.05, 4.69) is 6.92 Å². The fraction of sp³-hybridized carbons (Fsp3) is 0.810. The molecule has 0 unspecified atom stereocenters. The van der Waals surface area contributed by atoms with E-state index in [0.29, 0.717) is 12.8 Å². The molecule has 0 heterocycles. The standard InChI is InChI=1S/C21H32O4/c1-13(2)14-12-21(24)10-7-16-19(3,17(21)11-15(14)22)8-6-9-20(16,4)18(23)25-5/h12-13,16-17,24H,6-11H2,1-5H3/t16-,17-,19-,20+,21-/m0/s1. The van der Waals surface area contributed by atoms with Crippen molar-refractivity contribution in [3.05, 3.63) is 11.6 Å². The minimum absolute atomic E-state index is 0.113. The topological polar surface area (TPSA) is 63.6 Å². The summed E-state index contributed by atoms with van der Waals surface area (Å²) in [5.74, 6) is 0.187. The average Bonchev–Trinajstić information content (AvgIpc) is 2.54. The van der Waals surface area contributed by atoms with Gasteiger partial charge in [-0.2, -0.15) is 0 Å². The third kappa shape index (κ3) is 2.59. The normalized spacial score (nSPS) is 44.0. The van der Waals surface area contributed by atoms with Gasteiger partial charge in [0.2, 0.25) is 0 Å². The number of allylic oxidation sites excluding steroid dienone is 1. The summed E-state index contributed by atoms with van der Waals surface area (Å²) in [4.78, 5) is 25.3. The number of methoxy groups -OCH3 is 1. The number of carbonyl (C=O) groups excluding carboxylic acids is 2. The summed E-state index contributed by atoms with van der Waals surface area (Å²) in [6, 6.07) is 0. The van der Waals surface area contributed by atoms with E-state index in [1.807, 2.05) is 26.8 Å². The summed E-state index contributed by atoms with van der Waals surface area (Å²) in [7, 11) is 1.46. The molecule has 3 aliphatic rings. The number of Topliss-reactive ketones (excluding diaryl/α,β-unsaturated/α-hetero) is 1. The Morgan fingerprint density at radius 3 is 2.52 bits per heavy atom. The molecule has 0 aromatic rings. The molecule has 140 valence electrons. The monoisotopic (exact) mass is 348 g/mol. The van der Waals surface area contributed by atoms with Gasteiger partial charge in [-0.1, -0.05) is 27.2 Å². The molecule has 0 amide bonds. The number of hydrogen-bond acceptors (Lipinski definition) is 4. The molecule has 3 aliphatic carbocycles. The number of aliphatic hydroxyl groups is 1. The molecule has 3 rings (SSSR count). The minimum Gasteiger partial charge on any atom is -0.469 e. The van der Waals surface area contributed by atoms with E-state index in [4.69, 9.17) is 4.74 Å². The predicted octanol–water partition coefficient (Wildman–Crippen LogP) is 3.67. The number of ketones is 1. The molecular weight excluding hydrogens is 316 g/mol. The molecule has 2 fully saturated rings. The van der Waals surface area contributed by atoms with Crippen molar-refractivity contribution in [1.29, 1.82) is 0 Å². The Morgan fingerprint density at radius 1 is 1.24 bits per heavy atom. The zero-order valence-corrected chi connectivity index (χ0v) is 16.2. The highest BCUT2D eigenvalue weighted by Gasteiger charge is 2.63. The van der Waals surface area contributed by atoms with Crippen molar-refractivity contribution in [2.24, 2.45) is 28.6 Å². The minimum atomic E-state index is -0.923. The van der Waals surface area contributed by atoms with Crippen LogP contribution in [0, 0.1) is 28.6 Å². The van der Waals surface area contributed by atoms with Gasteiger partial charge in [0.15, 0.2) is 5.78 Å². The fourth-order valence-corrected chi connectivity index (χ4v) is 6.30. The van der Waals surface area contributed by atoms with Gasteiger partial charge in [-0.3, -0.25) is 9.59 Å². The van der Waals surface area contributed by atoms with E-state index < -0.39 is 11.0 Å². The molecule has 0 saturated heterocycles. The van der Waals surface area contributed by atoms with Gasteiger partial charge in [-0.05, 0) is 61.5 Å². The molecule has 0 aromatic carbocycles. The van der Waals surface area contributed by atoms with Gasteiger partial charge >= 0.3 is 5.97 Å². The van der Waals surface area contributed by atoms with Gasteiger partial charge in [-0.15, -0.1) is 0 Å². The lowest BCUT2D eigenvalue weighted by atomic mass is 9.43. The fourth-order valence-electron chi connectivity index (χ4n) is 6.30. The summed E-state index contributed by atoms with van der Waals surface area (Å²) in [6.45, 7) is 8.23. The highest BCUT2D eigenvalue weighted by molar-refractivity contribution is 5.97. The number of rotatable bonds is 2. The van der Waals surface area contributed by atoms with Crippen LogP contribution in [0.2, 0.25) is 0 Å². The van der Waals surface area contributed by atoms with Crippen molar-refractivity contribution in [3.63, 3.8) is 0 Å². The van der Waals surface area contributed by atoms with Crippen LogP contribution in [0.3, 0.4) is 0 Å². The first-order chi connectivity index (χ1) is 11.6. The lowest BCUT2D eigenvalue weighted by molar-refractivity contribution is -0.189. The first kappa shape index (κ1) is 18.6. The largest absolute Gasteiger partial charge is 0.469 e. The van der Waals surface area contributed by atoms with E-state index in [9.17, 15) is 14.7 Å². The Kier molecular flexibility index (Phi) is 4.42. The van der Waals surface area contributed by atoms with Gasteiger partial charge in [-0.25, -0.2) is 0 Å². The van der Waals surface area contributed by atoms with Crippen molar-refractivity contribution in [3.8, 4) is 0 Å². The van der Waals surface area contributed by atoms with Crippen LogP contribution in [0.25, 0.3) is 0 Å². The first-order valence-corrected chi connectivity index (χ1v) is 9.65. The summed E-state index contributed by atoms with van der Waals surface area (Å²) in [5, 5.41) is 11.5. The van der Waals surface area contributed by atoms with Crippen molar-refractivity contribution >= 4 is 11.8 Å². The van der Waals surface area contributed by atoms with E-state index in [1.165, 1.54) is 7.11 Å². The molecule has 4 nitrogen and oxygen atoms in total. The van der Waals surface area contributed by atoms with Crippen molar-refractivity contribution in [2.75, 3.05) is 7.11 Å². The zero-order chi connectivity index (χ0) is 18.6. The average molecular weight is 348 g/mol. The molecule has 0 aliphatic heterocycles. The molecule has 0 spiro atoms. The third-order valence-corrected chi connectivity index (χ3v) is 7.60. The van der Waals surface area contributed by atoms with E-state index in [0.717, 1.165) is 31.3 Å². The Balaban J connectivity index is 2.04. The van der Waals surface area contributed by atoms with Crippen LogP contribution in [0.15, 0.2) is 11.6 Å². The highest BCUT2D eigenvalue weighted by Crippen LogP contribution is 2.64. The van der Waals surface area contributed by atoms with Gasteiger partial charge in [0.1, 0.15) is 0 Å². The second kappa shape index (κ2) is 5.94. The maximum Gasteiger partial charge on any atom is 0.311 e. The molecular formula is C21H32O4. The quantitative estimate of drug-likeness (QED) is 0.774. The van der Waals surface area contributed by atoms with Gasteiger partial charge in [0.25, 0.3) is 0 Å². The number of carbonyl (C=O) groups is 2. The van der Waals surface area contributed by atoms with Crippen LogP contribution in [0.1, 0.15) is 66.2 Å². The number of fused-ring (bicyclic) bond motifs is 3. The SMILES string of the molecule is COC(=O)[C@]1(C)CCC[C@]2(C)[C@@H]3CC(=O)C(C(C)C)=C[C@@]3(O)CC[C@@H]21.